The Hall–Kier alpha value is -0.690. The van der Waals surface area contributed by atoms with Crippen molar-refractivity contribution >= 4 is 0 Å². The maximum Gasteiger partial charge on any atom is 0.0460 e. The molecule has 3 heteroatoms. The van der Waals surface area contributed by atoms with Gasteiger partial charge in [0.2, 0.25) is 0 Å². The van der Waals surface area contributed by atoms with E-state index in [0.29, 0.717) is 0 Å². The van der Waals surface area contributed by atoms with Gasteiger partial charge in [-0.25, -0.2) is 0 Å². The fourth-order valence-corrected chi connectivity index (χ4v) is 1.70. The highest BCUT2D eigenvalue weighted by Crippen LogP contribution is 2.29. The molecule has 1 rings (SSSR count). The Balaban J connectivity index is 2.58. The van der Waals surface area contributed by atoms with E-state index >= 15 is 0 Å². The Morgan fingerprint density at radius 1 is 1.18 bits per heavy atom. The quantitative estimate of drug-likeness (QED) is 0.240. The average Bonchev–Trinajstić information content (AvgIpc) is 2.15. The Morgan fingerprint density at radius 2 is 1.73 bits per heavy atom. The number of hydrogen-bond donors (Lipinski definition) is 0. The smallest absolute Gasteiger partial charge is 0.0460 e. The lowest BCUT2D eigenvalue weighted by Crippen LogP contribution is -2.19. The maximum atomic E-state index is 8.33. The van der Waals surface area contributed by atoms with E-state index < -0.39 is 0 Å². The lowest BCUT2D eigenvalue weighted by molar-refractivity contribution is 0.408. The molecule has 0 aromatic rings. The van der Waals surface area contributed by atoms with Crippen LogP contribution in [-0.4, -0.2) is 5.54 Å². The highest BCUT2D eigenvalue weighted by atomic mass is 15.2. The molecule has 0 atom stereocenters. The molecule has 0 aromatic carbocycles. The van der Waals surface area contributed by atoms with Crippen molar-refractivity contribution in [1.29, 1.82) is 0 Å². The van der Waals surface area contributed by atoms with Gasteiger partial charge in [-0.05, 0) is 18.4 Å². The van der Waals surface area contributed by atoms with Crippen molar-refractivity contribution < 1.29 is 0 Å². The molecular weight excluding hydrogens is 138 g/mol. The molecule has 0 N–H and O–H groups in total. The predicted molar refractivity (Wildman–Crippen MR) is 45.3 cm³/mol. The minimum atomic E-state index is -0.0781. The second-order valence-electron chi connectivity index (χ2n) is 3.60. The number of rotatable bonds is 1. The van der Waals surface area contributed by atoms with E-state index in [1.807, 2.05) is 0 Å². The van der Waals surface area contributed by atoms with Gasteiger partial charge in [0.1, 0.15) is 0 Å². The predicted octanol–water partition coefficient (Wildman–Crippen LogP) is 3.41. The monoisotopic (exact) mass is 153 g/mol. The highest BCUT2D eigenvalue weighted by Gasteiger charge is 2.23. The van der Waals surface area contributed by atoms with E-state index in [2.05, 4.69) is 16.9 Å². The van der Waals surface area contributed by atoms with E-state index in [1.165, 1.54) is 25.7 Å². The molecule has 1 fully saturated rings. The number of nitrogens with zero attached hydrogens (tertiary/aromatic N) is 3. The van der Waals surface area contributed by atoms with Crippen LogP contribution in [0.5, 0.6) is 0 Å². The summed E-state index contributed by atoms with van der Waals surface area (Å²) in [5, 5.41) is 3.86. The molecule has 0 radical (unpaired) electrons. The Bertz CT molecular complexity index is 162. The van der Waals surface area contributed by atoms with Crippen LogP contribution in [0.1, 0.15) is 45.4 Å². The van der Waals surface area contributed by atoms with Gasteiger partial charge in [-0.1, -0.05) is 37.7 Å². The first-order chi connectivity index (χ1) is 5.27. The van der Waals surface area contributed by atoms with Crippen molar-refractivity contribution in [3.63, 3.8) is 0 Å². The lowest BCUT2D eigenvalue weighted by Gasteiger charge is -2.20. The van der Waals surface area contributed by atoms with Crippen LogP contribution < -0.4 is 0 Å². The molecule has 62 valence electrons. The zero-order valence-corrected chi connectivity index (χ0v) is 7.08. The molecule has 1 saturated carbocycles. The van der Waals surface area contributed by atoms with Crippen LogP contribution in [-0.2, 0) is 0 Å². The average molecular weight is 153 g/mol. The molecule has 3 nitrogen and oxygen atoms in total. The molecule has 0 amide bonds. The first-order valence-corrected chi connectivity index (χ1v) is 4.33. The normalized spacial score (nSPS) is 23.4. The van der Waals surface area contributed by atoms with Gasteiger partial charge < -0.3 is 0 Å². The third kappa shape index (κ3) is 2.43. The van der Waals surface area contributed by atoms with Crippen molar-refractivity contribution in [1.82, 2.24) is 0 Å². The van der Waals surface area contributed by atoms with Crippen molar-refractivity contribution in [2.45, 2.75) is 51.0 Å². The van der Waals surface area contributed by atoms with Gasteiger partial charge >= 0.3 is 0 Å². The van der Waals surface area contributed by atoms with E-state index in [4.69, 9.17) is 5.53 Å². The van der Waals surface area contributed by atoms with Gasteiger partial charge in [0.25, 0.3) is 0 Å². The molecule has 11 heavy (non-hydrogen) atoms. The zero-order chi connectivity index (χ0) is 8.16. The summed E-state index contributed by atoms with van der Waals surface area (Å²) in [7, 11) is 0. The minimum Gasteiger partial charge on any atom is -0.0876 e. The summed E-state index contributed by atoms with van der Waals surface area (Å²) >= 11 is 0. The Morgan fingerprint density at radius 3 is 2.18 bits per heavy atom. The molecule has 0 bridgehead atoms. The highest BCUT2D eigenvalue weighted by molar-refractivity contribution is 4.84. The van der Waals surface area contributed by atoms with E-state index in [1.54, 1.807) is 0 Å². The molecule has 1 aliphatic carbocycles. The molecular formula is C8H15N3. The summed E-state index contributed by atoms with van der Waals surface area (Å²) in [4.78, 5) is 2.90. The van der Waals surface area contributed by atoms with Crippen LogP contribution in [0.15, 0.2) is 5.11 Å². The van der Waals surface area contributed by atoms with Gasteiger partial charge in [0, 0.05) is 10.5 Å². The summed E-state index contributed by atoms with van der Waals surface area (Å²) in [6, 6.07) is 0. The first kappa shape index (κ1) is 8.41. The van der Waals surface area contributed by atoms with Gasteiger partial charge in [-0.2, -0.15) is 0 Å². The molecule has 0 saturated heterocycles. The molecule has 0 aromatic heterocycles. The van der Waals surface area contributed by atoms with Crippen LogP contribution >= 0.6 is 0 Å². The van der Waals surface area contributed by atoms with Crippen molar-refractivity contribution in [2.24, 2.45) is 5.11 Å². The standard InChI is InChI=1S/C8H15N3/c1-8(10-11-9)6-4-2-3-5-7-8/h2-7H2,1H3. The van der Waals surface area contributed by atoms with Gasteiger partial charge in [0.15, 0.2) is 0 Å². The summed E-state index contributed by atoms with van der Waals surface area (Å²) in [5.41, 5.74) is 8.26. The molecule has 0 heterocycles. The molecule has 0 spiro atoms. The van der Waals surface area contributed by atoms with Crippen LogP contribution in [0.3, 0.4) is 0 Å². The van der Waals surface area contributed by atoms with Crippen LogP contribution in [0.25, 0.3) is 10.4 Å². The summed E-state index contributed by atoms with van der Waals surface area (Å²) in [6.45, 7) is 2.07. The number of azide groups is 1. The van der Waals surface area contributed by atoms with E-state index in [-0.39, 0.29) is 5.54 Å². The second kappa shape index (κ2) is 3.63. The largest absolute Gasteiger partial charge is 0.0876 e. The SMILES string of the molecule is CC1(N=[N+]=[N-])CCCCCC1. The summed E-state index contributed by atoms with van der Waals surface area (Å²) in [5.74, 6) is 0. The van der Waals surface area contributed by atoms with Crippen LogP contribution in [0, 0.1) is 0 Å². The Labute approximate surface area is 67.4 Å². The van der Waals surface area contributed by atoms with E-state index in [9.17, 15) is 0 Å². The molecule has 1 aliphatic rings. The number of hydrogen-bond acceptors (Lipinski definition) is 1. The van der Waals surface area contributed by atoms with Crippen LogP contribution in [0.4, 0.5) is 0 Å². The van der Waals surface area contributed by atoms with Crippen molar-refractivity contribution in [2.75, 3.05) is 0 Å². The van der Waals surface area contributed by atoms with Gasteiger partial charge in [-0.3, -0.25) is 0 Å². The van der Waals surface area contributed by atoms with Crippen molar-refractivity contribution in [3.05, 3.63) is 10.4 Å². The Kier molecular flexibility index (Phi) is 2.77. The van der Waals surface area contributed by atoms with Gasteiger partial charge in [0.05, 0.1) is 0 Å². The molecule has 0 aliphatic heterocycles. The third-order valence-electron chi connectivity index (χ3n) is 2.47. The minimum absolute atomic E-state index is 0.0781. The fraction of sp³-hybridized carbons (Fsp3) is 1.00. The zero-order valence-electron chi connectivity index (χ0n) is 7.08. The first-order valence-electron chi connectivity index (χ1n) is 4.33. The van der Waals surface area contributed by atoms with Gasteiger partial charge in [-0.15, -0.1) is 0 Å². The van der Waals surface area contributed by atoms with Crippen molar-refractivity contribution in [3.8, 4) is 0 Å². The second-order valence-corrected chi connectivity index (χ2v) is 3.60. The molecule has 0 unspecified atom stereocenters. The van der Waals surface area contributed by atoms with E-state index in [0.717, 1.165) is 12.8 Å². The topological polar surface area (TPSA) is 48.8 Å². The fourth-order valence-electron chi connectivity index (χ4n) is 1.70. The maximum absolute atomic E-state index is 8.33. The summed E-state index contributed by atoms with van der Waals surface area (Å²) < 4.78 is 0. The third-order valence-corrected chi connectivity index (χ3v) is 2.47. The summed E-state index contributed by atoms with van der Waals surface area (Å²) in [6.07, 6.45) is 7.17. The lowest BCUT2D eigenvalue weighted by atomic mass is 9.94. The van der Waals surface area contributed by atoms with Crippen LogP contribution in [0.2, 0.25) is 0 Å².